The molecule has 1 aliphatic rings. The van der Waals surface area contributed by atoms with Crippen molar-refractivity contribution < 1.29 is 14.3 Å². The van der Waals surface area contributed by atoms with Crippen LogP contribution in [0.25, 0.3) is 16.8 Å². The molecule has 0 radical (unpaired) electrons. The molecular weight excluding hydrogens is 432 g/mol. The van der Waals surface area contributed by atoms with E-state index in [0.29, 0.717) is 30.2 Å². The zero-order valence-electron chi connectivity index (χ0n) is 18.4. The monoisotopic (exact) mass is 456 g/mol. The van der Waals surface area contributed by atoms with E-state index in [4.69, 9.17) is 22.1 Å². The minimum absolute atomic E-state index is 0.125. The molecule has 10 heteroatoms. The quantitative estimate of drug-likeness (QED) is 0.647. The number of aromatic nitrogens is 3. The van der Waals surface area contributed by atoms with E-state index in [-0.39, 0.29) is 17.6 Å². The molecule has 2 aromatic heterocycles. The second kappa shape index (κ2) is 8.07. The zero-order chi connectivity index (χ0) is 23.2. The van der Waals surface area contributed by atoms with Crippen molar-refractivity contribution in [3.05, 3.63) is 41.2 Å². The number of methoxy groups -OCH3 is 1. The number of amides is 2. The van der Waals surface area contributed by atoms with Gasteiger partial charge in [-0.15, -0.1) is 0 Å². The van der Waals surface area contributed by atoms with E-state index in [2.05, 4.69) is 10.1 Å². The lowest BCUT2D eigenvalue weighted by Crippen LogP contribution is -2.64. The van der Waals surface area contributed by atoms with Crippen LogP contribution < -0.4 is 10.6 Å². The van der Waals surface area contributed by atoms with Crippen LogP contribution >= 0.6 is 11.6 Å². The number of piperazine rings is 1. The third-order valence-corrected chi connectivity index (χ3v) is 6.17. The molecule has 0 unspecified atom stereocenters. The van der Waals surface area contributed by atoms with E-state index in [1.165, 1.54) is 13.3 Å². The van der Waals surface area contributed by atoms with Crippen molar-refractivity contribution >= 4 is 40.4 Å². The van der Waals surface area contributed by atoms with Gasteiger partial charge >= 0.3 is 0 Å². The summed E-state index contributed by atoms with van der Waals surface area (Å²) in [6, 6.07) is 7.54. The van der Waals surface area contributed by atoms with E-state index in [0.717, 1.165) is 22.5 Å². The Labute approximate surface area is 190 Å². The summed E-state index contributed by atoms with van der Waals surface area (Å²) >= 11 is 6.41. The molecule has 4 rings (SSSR count). The van der Waals surface area contributed by atoms with Crippen LogP contribution in [0.3, 0.4) is 0 Å². The van der Waals surface area contributed by atoms with Gasteiger partial charge in [0.15, 0.2) is 5.82 Å². The average molecular weight is 457 g/mol. The number of fused-ring (bicyclic) bond motifs is 1. The first kappa shape index (κ1) is 22.0. The molecular formula is C22H25ClN6O3. The molecule has 1 saturated heterocycles. The third-order valence-electron chi connectivity index (χ3n) is 5.88. The lowest BCUT2D eigenvalue weighted by molar-refractivity contribution is -0.145. The van der Waals surface area contributed by atoms with E-state index in [9.17, 15) is 9.59 Å². The predicted molar refractivity (Wildman–Crippen MR) is 122 cm³/mol. The maximum absolute atomic E-state index is 13.5. The zero-order valence-corrected chi connectivity index (χ0v) is 19.2. The maximum Gasteiger partial charge on any atom is 0.252 e. The molecule has 0 spiro atoms. The van der Waals surface area contributed by atoms with Crippen LogP contribution in [0.15, 0.2) is 30.6 Å². The Balaban J connectivity index is 1.84. The Morgan fingerprint density at radius 3 is 2.72 bits per heavy atom. The number of nitrogens with two attached hydrogens (primary N) is 1. The summed E-state index contributed by atoms with van der Waals surface area (Å²) in [7, 11) is 1.61. The second-order valence-corrected chi connectivity index (χ2v) is 8.65. The van der Waals surface area contributed by atoms with E-state index < -0.39 is 5.54 Å². The lowest BCUT2D eigenvalue weighted by Gasteiger charge is -2.46. The van der Waals surface area contributed by atoms with Crippen LogP contribution in [0, 0.1) is 0 Å². The van der Waals surface area contributed by atoms with Gasteiger partial charge < -0.3 is 20.3 Å². The van der Waals surface area contributed by atoms with Gasteiger partial charge in [0.25, 0.3) is 5.91 Å². The molecule has 168 valence electrons. The standard InChI is InChI=1S/C22H25ClN6O3/c1-13(30)28-8-7-27(21(31)22(28,2)3)17-9-14(5-6-15(17)11-32-4)18-10-16(23)19-20(24)25-12-26-29(18)19/h5-6,9-10,12H,7-8,11H2,1-4H3,(H2,24,25,26). The van der Waals surface area contributed by atoms with Gasteiger partial charge in [0.1, 0.15) is 17.4 Å². The van der Waals surface area contributed by atoms with Crippen molar-refractivity contribution in [2.24, 2.45) is 0 Å². The summed E-state index contributed by atoms with van der Waals surface area (Å²) in [5.41, 5.74) is 8.66. The van der Waals surface area contributed by atoms with E-state index in [1.54, 1.807) is 41.3 Å². The topological polar surface area (TPSA) is 106 Å². The minimum atomic E-state index is -0.961. The number of rotatable bonds is 4. The second-order valence-electron chi connectivity index (χ2n) is 8.25. The molecule has 3 aromatic rings. The Hall–Kier alpha value is -3.17. The average Bonchev–Trinajstić information content (AvgIpc) is 3.08. The molecule has 2 N–H and O–H groups in total. The van der Waals surface area contributed by atoms with E-state index >= 15 is 0 Å². The highest BCUT2D eigenvalue weighted by Crippen LogP contribution is 2.36. The van der Waals surface area contributed by atoms with Crippen molar-refractivity contribution in [1.82, 2.24) is 19.5 Å². The Morgan fingerprint density at radius 1 is 1.28 bits per heavy atom. The number of hydrogen-bond acceptors (Lipinski definition) is 6. The van der Waals surface area contributed by atoms with Crippen molar-refractivity contribution in [2.45, 2.75) is 32.9 Å². The van der Waals surface area contributed by atoms with Gasteiger partial charge in [0.2, 0.25) is 5.91 Å². The first-order chi connectivity index (χ1) is 15.2. The molecule has 1 aliphatic heterocycles. The highest BCUT2D eigenvalue weighted by molar-refractivity contribution is 6.35. The third kappa shape index (κ3) is 3.47. The van der Waals surface area contributed by atoms with Crippen LogP contribution in [0.1, 0.15) is 26.3 Å². The molecule has 0 atom stereocenters. The van der Waals surface area contributed by atoms with Crippen molar-refractivity contribution in [3.8, 4) is 11.3 Å². The summed E-state index contributed by atoms with van der Waals surface area (Å²) in [5, 5.41) is 4.74. The summed E-state index contributed by atoms with van der Waals surface area (Å²) in [6.45, 7) is 6.17. The fourth-order valence-corrected chi connectivity index (χ4v) is 4.57. The number of carbonyl (C=O) groups excluding carboxylic acids is 2. The van der Waals surface area contributed by atoms with E-state index in [1.807, 2.05) is 18.2 Å². The smallest absolute Gasteiger partial charge is 0.252 e. The number of benzene rings is 1. The van der Waals surface area contributed by atoms with Crippen LogP contribution in [0.2, 0.25) is 5.02 Å². The van der Waals surface area contributed by atoms with Crippen molar-refractivity contribution in [2.75, 3.05) is 30.8 Å². The number of carbonyl (C=O) groups is 2. The number of nitrogen functional groups attached to an aromatic ring is 1. The van der Waals surface area contributed by atoms with Crippen molar-refractivity contribution in [1.29, 1.82) is 0 Å². The first-order valence-electron chi connectivity index (χ1n) is 10.2. The Kier molecular flexibility index (Phi) is 5.56. The van der Waals surface area contributed by atoms with Gasteiger partial charge in [-0.3, -0.25) is 9.59 Å². The van der Waals surface area contributed by atoms with Gasteiger partial charge in [0.05, 0.1) is 17.3 Å². The minimum Gasteiger partial charge on any atom is -0.382 e. The molecule has 3 heterocycles. The van der Waals surface area contributed by atoms with Crippen LogP contribution in [0.5, 0.6) is 0 Å². The van der Waals surface area contributed by atoms with Crippen LogP contribution in [-0.2, 0) is 20.9 Å². The normalized spacial score (nSPS) is 16.1. The molecule has 9 nitrogen and oxygen atoms in total. The number of ether oxygens (including phenoxy) is 1. The SMILES string of the molecule is COCc1ccc(-c2cc(Cl)c3c(N)ncnn23)cc1N1CCN(C(C)=O)C(C)(C)C1=O. The van der Waals surface area contributed by atoms with Gasteiger partial charge in [-0.2, -0.15) is 5.10 Å². The molecule has 1 fully saturated rings. The highest BCUT2D eigenvalue weighted by atomic mass is 35.5. The predicted octanol–water partition coefficient (Wildman–Crippen LogP) is 2.75. The lowest BCUT2D eigenvalue weighted by atomic mass is 9.95. The largest absolute Gasteiger partial charge is 0.382 e. The number of hydrogen-bond donors (Lipinski definition) is 1. The molecule has 0 bridgehead atoms. The first-order valence-corrected chi connectivity index (χ1v) is 10.5. The van der Waals surface area contributed by atoms with Crippen LogP contribution in [0.4, 0.5) is 11.5 Å². The summed E-state index contributed by atoms with van der Waals surface area (Å²) in [4.78, 5) is 32.9. The number of anilines is 2. The van der Waals surface area contributed by atoms with Gasteiger partial charge in [-0.05, 0) is 26.0 Å². The van der Waals surface area contributed by atoms with Gasteiger partial charge in [-0.25, -0.2) is 9.50 Å². The fourth-order valence-electron chi connectivity index (χ4n) is 4.29. The number of nitrogens with zero attached hydrogens (tertiary/aromatic N) is 5. The van der Waals surface area contributed by atoms with Gasteiger partial charge in [0, 0.05) is 43.9 Å². The van der Waals surface area contributed by atoms with Crippen molar-refractivity contribution in [3.63, 3.8) is 0 Å². The molecule has 1 aromatic carbocycles. The molecule has 32 heavy (non-hydrogen) atoms. The Morgan fingerprint density at radius 2 is 2.03 bits per heavy atom. The Bertz CT molecular complexity index is 1220. The fraction of sp³-hybridized carbons (Fsp3) is 0.364. The highest BCUT2D eigenvalue weighted by Gasteiger charge is 2.44. The summed E-state index contributed by atoms with van der Waals surface area (Å²) < 4.78 is 7.01. The summed E-state index contributed by atoms with van der Waals surface area (Å²) in [6.07, 6.45) is 1.37. The molecule has 2 amide bonds. The maximum atomic E-state index is 13.5. The molecule has 0 aliphatic carbocycles. The van der Waals surface area contributed by atoms with Crippen LogP contribution in [-0.4, -0.2) is 57.1 Å². The summed E-state index contributed by atoms with van der Waals surface area (Å²) in [5.74, 6) is 0.00302. The molecule has 0 saturated carbocycles. The van der Waals surface area contributed by atoms with Gasteiger partial charge in [-0.1, -0.05) is 23.7 Å². The number of halogens is 1.